The highest BCUT2D eigenvalue weighted by molar-refractivity contribution is 5.46. The number of hydrogen-bond acceptors (Lipinski definition) is 3. The van der Waals surface area contributed by atoms with Gasteiger partial charge in [-0.15, -0.1) is 0 Å². The topological polar surface area (TPSA) is 49.5 Å². The van der Waals surface area contributed by atoms with Crippen molar-refractivity contribution in [2.75, 3.05) is 25.1 Å². The molecule has 1 unspecified atom stereocenters. The molecule has 0 spiro atoms. The lowest BCUT2D eigenvalue weighted by Crippen LogP contribution is -2.37. The number of rotatable bonds is 4. The van der Waals surface area contributed by atoms with Gasteiger partial charge in [-0.2, -0.15) is 0 Å². The first-order valence-electron chi connectivity index (χ1n) is 4.57. The molecule has 1 aromatic rings. The Labute approximate surface area is 87.1 Å². The molecular formula is C10H14F2N2O. The fourth-order valence-electron chi connectivity index (χ4n) is 1.24. The standard InChI is InChI=1S/C10H14F2N2O/c1-14(5-7(13)6-15)8-2-3-9(11)10(12)4-8/h2-4,7,15H,5-6,13H2,1H3. The number of nitrogens with zero attached hydrogens (tertiary/aromatic N) is 1. The number of benzene rings is 1. The Morgan fingerprint density at radius 3 is 2.60 bits per heavy atom. The molecule has 15 heavy (non-hydrogen) atoms. The molecule has 0 aliphatic rings. The maximum absolute atomic E-state index is 12.9. The first kappa shape index (κ1) is 11.9. The fraction of sp³-hybridized carbons (Fsp3) is 0.400. The molecule has 0 bridgehead atoms. The normalized spacial score (nSPS) is 12.6. The van der Waals surface area contributed by atoms with Gasteiger partial charge in [-0.05, 0) is 12.1 Å². The van der Waals surface area contributed by atoms with E-state index in [2.05, 4.69) is 0 Å². The third-order valence-corrected chi connectivity index (χ3v) is 2.09. The molecule has 0 saturated carbocycles. The summed E-state index contributed by atoms with van der Waals surface area (Å²) in [5.41, 5.74) is 6.05. The predicted octanol–water partition coefficient (Wildman–Crippen LogP) is 0.721. The first-order chi connectivity index (χ1) is 7.04. The van der Waals surface area contributed by atoms with E-state index in [9.17, 15) is 8.78 Å². The predicted molar refractivity (Wildman–Crippen MR) is 54.7 cm³/mol. The van der Waals surface area contributed by atoms with Gasteiger partial charge < -0.3 is 15.7 Å². The van der Waals surface area contributed by atoms with Crippen LogP contribution >= 0.6 is 0 Å². The molecule has 0 saturated heterocycles. The molecule has 1 rings (SSSR count). The van der Waals surface area contributed by atoms with Crippen LogP contribution < -0.4 is 10.6 Å². The molecule has 0 radical (unpaired) electrons. The van der Waals surface area contributed by atoms with Crippen LogP contribution in [0.3, 0.4) is 0 Å². The van der Waals surface area contributed by atoms with Gasteiger partial charge in [-0.25, -0.2) is 8.78 Å². The molecule has 5 heteroatoms. The number of halogens is 2. The van der Waals surface area contributed by atoms with E-state index in [1.54, 1.807) is 11.9 Å². The van der Waals surface area contributed by atoms with Gasteiger partial charge in [0.1, 0.15) is 0 Å². The number of aliphatic hydroxyl groups excluding tert-OH is 1. The summed E-state index contributed by atoms with van der Waals surface area (Å²) in [6.45, 7) is 0.232. The smallest absolute Gasteiger partial charge is 0.160 e. The molecule has 3 N–H and O–H groups in total. The van der Waals surface area contributed by atoms with Crippen LogP contribution in [0.5, 0.6) is 0 Å². The molecule has 0 fully saturated rings. The van der Waals surface area contributed by atoms with Crippen molar-refractivity contribution >= 4 is 5.69 Å². The van der Waals surface area contributed by atoms with Crippen molar-refractivity contribution in [3.8, 4) is 0 Å². The molecule has 1 atom stereocenters. The van der Waals surface area contributed by atoms with Crippen molar-refractivity contribution in [3.05, 3.63) is 29.8 Å². The minimum Gasteiger partial charge on any atom is -0.395 e. The Morgan fingerprint density at radius 2 is 2.07 bits per heavy atom. The van der Waals surface area contributed by atoms with Crippen LogP contribution in [-0.4, -0.2) is 31.3 Å². The van der Waals surface area contributed by atoms with E-state index in [0.29, 0.717) is 12.2 Å². The highest BCUT2D eigenvalue weighted by atomic mass is 19.2. The van der Waals surface area contributed by atoms with Gasteiger partial charge in [0.2, 0.25) is 0 Å². The van der Waals surface area contributed by atoms with Crippen LogP contribution in [0, 0.1) is 11.6 Å². The SMILES string of the molecule is CN(CC(N)CO)c1ccc(F)c(F)c1. The third-order valence-electron chi connectivity index (χ3n) is 2.09. The van der Waals surface area contributed by atoms with E-state index in [-0.39, 0.29) is 6.61 Å². The Morgan fingerprint density at radius 1 is 1.40 bits per heavy atom. The monoisotopic (exact) mass is 216 g/mol. The van der Waals surface area contributed by atoms with Crippen molar-refractivity contribution < 1.29 is 13.9 Å². The van der Waals surface area contributed by atoms with Crippen molar-refractivity contribution in [1.29, 1.82) is 0 Å². The van der Waals surface area contributed by atoms with Gasteiger partial charge in [-0.3, -0.25) is 0 Å². The van der Waals surface area contributed by atoms with E-state index in [0.717, 1.165) is 12.1 Å². The lowest BCUT2D eigenvalue weighted by atomic mass is 10.2. The summed E-state index contributed by atoms with van der Waals surface area (Å²) in [4.78, 5) is 1.66. The summed E-state index contributed by atoms with van der Waals surface area (Å²) in [6, 6.07) is 3.22. The van der Waals surface area contributed by atoms with E-state index >= 15 is 0 Å². The summed E-state index contributed by atoms with van der Waals surface area (Å²) in [5, 5.41) is 8.74. The van der Waals surface area contributed by atoms with E-state index < -0.39 is 17.7 Å². The second-order valence-corrected chi connectivity index (χ2v) is 3.42. The number of nitrogens with two attached hydrogens (primary N) is 1. The zero-order valence-corrected chi connectivity index (χ0v) is 8.45. The van der Waals surface area contributed by atoms with Crippen molar-refractivity contribution in [3.63, 3.8) is 0 Å². The molecule has 3 nitrogen and oxygen atoms in total. The Kier molecular flexibility index (Phi) is 3.99. The van der Waals surface area contributed by atoms with Gasteiger partial charge in [0.25, 0.3) is 0 Å². The van der Waals surface area contributed by atoms with E-state index in [1.165, 1.54) is 6.07 Å². The molecule has 0 aliphatic heterocycles. The summed E-state index contributed by atoms with van der Waals surface area (Å²) in [6.07, 6.45) is 0. The van der Waals surface area contributed by atoms with Crippen LogP contribution in [-0.2, 0) is 0 Å². The summed E-state index contributed by atoms with van der Waals surface area (Å²) >= 11 is 0. The number of likely N-dealkylation sites (N-methyl/N-ethyl adjacent to an activating group) is 1. The zero-order valence-electron chi connectivity index (χ0n) is 8.45. The Bertz CT molecular complexity index is 333. The van der Waals surface area contributed by atoms with Crippen LogP contribution in [0.1, 0.15) is 0 Å². The molecule has 1 aromatic carbocycles. The zero-order chi connectivity index (χ0) is 11.4. The summed E-state index contributed by atoms with van der Waals surface area (Å²) < 4.78 is 25.5. The maximum atomic E-state index is 12.9. The number of anilines is 1. The molecule has 0 aromatic heterocycles. The van der Waals surface area contributed by atoms with Gasteiger partial charge in [0.15, 0.2) is 11.6 Å². The fourth-order valence-corrected chi connectivity index (χ4v) is 1.24. The minimum atomic E-state index is -0.892. The van der Waals surface area contributed by atoms with E-state index in [1.807, 2.05) is 0 Å². The van der Waals surface area contributed by atoms with Crippen LogP contribution in [0.15, 0.2) is 18.2 Å². The van der Waals surface area contributed by atoms with Gasteiger partial charge in [0, 0.05) is 31.4 Å². The lowest BCUT2D eigenvalue weighted by Gasteiger charge is -2.22. The van der Waals surface area contributed by atoms with Crippen LogP contribution in [0.4, 0.5) is 14.5 Å². The molecule has 0 aliphatic carbocycles. The van der Waals surface area contributed by atoms with Crippen molar-refractivity contribution in [1.82, 2.24) is 0 Å². The Balaban J connectivity index is 2.73. The number of hydrogen-bond donors (Lipinski definition) is 2. The summed E-state index contributed by atoms with van der Waals surface area (Å²) in [7, 11) is 1.70. The lowest BCUT2D eigenvalue weighted by molar-refractivity contribution is 0.267. The summed E-state index contributed by atoms with van der Waals surface area (Å²) in [5.74, 6) is -1.77. The minimum absolute atomic E-state index is 0.145. The van der Waals surface area contributed by atoms with Crippen LogP contribution in [0.25, 0.3) is 0 Å². The largest absolute Gasteiger partial charge is 0.395 e. The van der Waals surface area contributed by atoms with Crippen molar-refractivity contribution in [2.24, 2.45) is 5.73 Å². The average Bonchev–Trinajstić information content (AvgIpc) is 2.21. The molecule has 0 heterocycles. The van der Waals surface area contributed by atoms with Crippen LogP contribution in [0.2, 0.25) is 0 Å². The molecule has 0 amide bonds. The van der Waals surface area contributed by atoms with Gasteiger partial charge in [0.05, 0.1) is 6.61 Å². The second kappa shape index (κ2) is 5.04. The highest BCUT2D eigenvalue weighted by Gasteiger charge is 2.09. The molecular weight excluding hydrogens is 202 g/mol. The van der Waals surface area contributed by atoms with Gasteiger partial charge >= 0.3 is 0 Å². The first-order valence-corrected chi connectivity index (χ1v) is 4.57. The second-order valence-electron chi connectivity index (χ2n) is 3.42. The maximum Gasteiger partial charge on any atom is 0.160 e. The van der Waals surface area contributed by atoms with E-state index in [4.69, 9.17) is 10.8 Å². The molecule has 84 valence electrons. The quantitative estimate of drug-likeness (QED) is 0.779. The van der Waals surface area contributed by atoms with Gasteiger partial charge in [-0.1, -0.05) is 0 Å². The van der Waals surface area contributed by atoms with Crippen molar-refractivity contribution in [2.45, 2.75) is 6.04 Å². The Hall–Kier alpha value is -1.20. The third kappa shape index (κ3) is 3.14. The highest BCUT2D eigenvalue weighted by Crippen LogP contribution is 2.16. The average molecular weight is 216 g/mol. The number of aliphatic hydroxyl groups is 1.